The van der Waals surface area contributed by atoms with Gasteiger partial charge in [0.1, 0.15) is 17.5 Å². The Hall–Kier alpha value is -3.47. The molecule has 0 spiro atoms. The first-order chi connectivity index (χ1) is 14.7. The second-order valence-corrected chi connectivity index (χ2v) is 8.26. The predicted molar refractivity (Wildman–Crippen MR) is 118 cm³/mol. The maximum absolute atomic E-state index is 9.97. The van der Waals surface area contributed by atoms with Crippen molar-refractivity contribution in [2.45, 2.75) is 26.4 Å². The number of hydrogen-bond acceptors (Lipinski definition) is 6. The third-order valence-electron chi connectivity index (χ3n) is 4.51. The summed E-state index contributed by atoms with van der Waals surface area (Å²) in [6.45, 7) is 5.29. The van der Waals surface area contributed by atoms with Gasteiger partial charge in [0.15, 0.2) is 5.65 Å². The summed E-state index contributed by atoms with van der Waals surface area (Å²) in [7, 11) is 0. The minimum Gasteiger partial charge on any atom is -0.475 e. The number of hydrogen-bond donors (Lipinski definition) is 1. The Labute approximate surface area is 184 Å². The van der Waals surface area contributed by atoms with E-state index in [1.807, 2.05) is 25.1 Å². The molecule has 1 aromatic carbocycles. The molecule has 0 saturated carbocycles. The molecule has 0 fully saturated rings. The van der Waals surface area contributed by atoms with Gasteiger partial charge in [0, 0.05) is 23.5 Å². The summed E-state index contributed by atoms with van der Waals surface area (Å²) in [5.41, 5.74) is 3.85. The molecule has 0 radical (unpaired) electrons. The molecule has 8 heteroatoms. The summed E-state index contributed by atoms with van der Waals surface area (Å²) in [5, 5.41) is 24.4. The number of ether oxygens (including phenoxy) is 1. The lowest BCUT2D eigenvalue weighted by atomic mass is 10.0. The summed E-state index contributed by atoms with van der Waals surface area (Å²) in [4.78, 5) is 8.89. The number of aromatic nitrogens is 4. The second kappa shape index (κ2) is 7.99. The van der Waals surface area contributed by atoms with Gasteiger partial charge >= 0.3 is 0 Å². The molecule has 0 unspecified atom stereocenters. The largest absolute Gasteiger partial charge is 0.475 e. The topological polar surface area (TPSA) is 96.3 Å². The van der Waals surface area contributed by atoms with Crippen LogP contribution in [-0.2, 0) is 0 Å². The fraction of sp³-hybridized carbons (Fsp3) is 0.217. The van der Waals surface area contributed by atoms with E-state index in [2.05, 4.69) is 16.0 Å². The molecule has 3 aromatic heterocycles. The highest BCUT2D eigenvalue weighted by molar-refractivity contribution is 6.29. The maximum atomic E-state index is 9.97. The average Bonchev–Trinajstić information content (AvgIpc) is 3.10. The van der Waals surface area contributed by atoms with Crippen molar-refractivity contribution in [2.24, 2.45) is 0 Å². The van der Waals surface area contributed by atoms with Gasteiger partial charge in [0.2, 0.25) is 5.88 Å². The molecule has 7 nitrogen and oxygen atoms in total. The van der Waals surface area contributed by atoms with Crippen molar-refractivity contribution in [3.63, 3.8) is 0 Å². The Morgan fingerprint density at radius 1 is 1.16 bits per heavy atom. The Balaban J connectivity index is 1.95. The highest BCUT2D eigenvalue weighted by Gasteiger charge is 2.20. The van der Waals surface area contributed by atoms with Crippen LogP contribution in [0, 0.1) is 18.3 Å². The summed E-state index contributed by atoms with van der Waals surface area (Å²) in [6, 6.07) is 14.8. The molecule has 0 bridgehead atoms. The Morgan fingerprint density at radius 3 is 2.68 bits per heavy atom. The van der Waals surface area contributed by atoms with Crippen molar-refractivity contribution in [1.29, 1.82) is 5.26 Å². The summed E-state index contributed by atoms with van der Waals surface area (Å²) in [6.07, 6.45) is 1.75. The molecule has 0 aliphatic rings. The van der Waals surface area contributed by atoms with E-state index in [1.54, 1.807) is 48.8 Å². The summed E-state index contributed by atoms with van der Waals surface area (Å²) in [5.74, 6) is 0.366. The van der Waals surface area contributed by atoms with Gasteiger partial charge in [0.05, 0.1) is 22.8 Å². The molecule has 3 heterocycles. The van der Waals surface area contributed by atoms with Crippen LogP contribution >= 0.6 is 11.6 Å². The van der Waals surface area contributed by atoms with Gasteiger partial charge in [-0.3, -0.25) is 0 Å². The van der Waals surface area contributed by atoms with Crippen LogP contribution in [0.4, 0.5) is 0 Å². The van der Waals surface area contributed by atoms with Crippen LogP contribution < -0.4 is 4.74 Å². The van der Waals surface area contributed by atoms with Crippen LogP contribution in [0.25, 0.3) is 28.0 Å². The van der Waals surface area contributed by atoms with E-state index in [1.165, 1.54) is 0 Å². The molecule has 0 saturated heterocycles. The highest BCUT2D eigenvalue weighted by atomic mass is 35.5. The number of nitriles is 1. The summed E-state index contributed by atoms with van der Waals surface area (Å²) >= 11 is 6.24. The van der Waals surface area contributed by atoms with Crippen molar-refractivity contribution < 1.29 is 9.84 Å². The van der Waals surface area contributed by atoms with E-state index in [0.29, 0.717) is 27.9 Å². The number of halogens is 1. The third-order valence-corrected chi connectivity index (χ3v) is 4.70. The quantitative estimate of drug-likeness (QED) is 0.467. The third kappa shape index (κ3) is 4.50. The molecule has 31 heavy (non-hydrogen) atoms. The van der Waals surface area contributed by atoms with E-state index in [0.717, 1.165) is 22.4 Å². The normalized spacial score (nSPS) is 11.5. The van der Waals surface area contributed by atoms with Gasteiger partial charge in [0.25, 0.3) is 0 Å². The molecule has 0 amide bonds. The van der Waals surface area contributed by atoms with E-state index in [-0.39, 0.29) is 6.61 Å². The SMILES string of the molecule is Cc1cc(-c2c(-c3cccc(C#N)c3)nn3ccc(OCC(C)(C)O)nc23)cc(Cl)n1. The average molecular weight is 434 g/mol. The molecule has 1 N–H and O–H groups in total. The van der Waals surface area contributed by atoms with Crippen LogP contribution in [0.1, 0.15) is 25.1 Å². The Morgan fingerprint density at radius 2 is 1.97 bits per heavy atom. The second-order valence-electron chi connectivity index (χ2n) is 7.87. The maximum Gasteiger partial charge on any atom is 0.216 e. The van der Waals surface area contributed by atoms with Crippen LogP contribution in [0.15, 0.2) is 48.7 Å². The highest BCUT2D eigenvalue weighted by Crippen LogP contribution is 2.36. The number of pyridine rings is 1. The molecular weight excluding hydrogens is 414 g/mol. The smallest absolute Gasteiger partial charge is 0.216 e. The van der Waals surface area contributed by atoms with Crippen LogP contribution in [0.5, 0.6) is 5.88 Å². The van der Waals surface area contributed by atoms with Gasteiger partial charge in [-0.25, -0.2) is 9.50 Å². The lowest BCUT2D eigenvalue weighted by molar-refractivity contribution is 0.0269. The predicted octanol–water partition coefficient (Wildman–Crippen LogP) is 4.44. The number of rotatable bonds is 5. The molecule has 0 aliphatic heterocycles. The monoisotopic (exact) mass is 433 g/mol. The molecular formula is C23H20ClN5O2. The minimum atomic E-state index is -0.991. The number of aryl methyl sites for hydroxylation is 1. The molecule has 0 atom stereocenters. The van der Waals surface area contributed by atoms with Gasteiger partial charge in [-0.15, -0.1) is 0 Å². The van der Waals surface area contributed by atoms with Gasteiger partial charge in [-0.2, -0.15) is 15.3 Å². The van der Waals surface area contributed by atoms with Crippen molar-refractivity contribution in [2.75, 3.05) is 6.61 Å². The van der Waals surface area contributed by atoms with E-state index < -0.39 is 5.60 Å². The van der Waals surface area contributed by atoms with Crippen molar-refractivity contribution >= 4 is 17.2 Å². The number of aliphatic hydroxyl groups is 1. The van der Waals surface area contributed by atoms with E-state index in [9.17, 15) is 10.4 Å². The molecule has 4 rings (SSSR count). The van der Waals surface area contributed by atoms with Gasteiger partial charge in [-0.05, 0) is 50.6 Å². The lowest BCUT2D eigenvalue weighted by Gasteiger charge is -2.17. The Bertz CT molecular complexity index is 1300. The molecule has 156 valence electrons. The van der Waals surface area contributed by atoms with Crippen LogP contribution in [-0.4, -0.2) is 36.9 Å². The first kappa shape index (κ1) is 20.8. The zero-order valence-electron chi connectivity index (χ0n) is 17.3. The van der Waals surface area contributed by atoms with Crippen molar-refractivity contribution in [3.8, 4) is 34.3 Å². The van der Waals surface area contributed by atoms with Crippen molar-refractivity contribution in [3.05, 3.63) is 65.1 Å². The first-order valence-corrected chi connectivity index (χ1v) is 10.0. The fourth-order valence-electron chi connectivity index (χ4n) is 3.22. The van der Waals surface area contributed by atoms with Crippen molar-refractivity contribution in [1.82, 2.24) is 19.6 Å². The number of benzene rings is 1. The Kier molecular flexibility index (Phi) is 5.36. The number of fused-ring (bicyclic) bond motifs is 1. The zero-order valence-corrected chi connectivity index (χ0v) is 18.1. The molecule has 0 aliphatic carbocycles. The molecule has 4 aromatic rings. The number of nitrogens with zero attached hydrogens (tertiary/aromatic N) is 5. The van der Waals surface area contributed by atoms with Gasteiger partial charge < -0.3 is 9.84 Å². The van der Waals surface area contributed by atoms with Crippen LogP contribution in [0.2, 0.25) is 5.15 Å². The van der Waals surface area contributed by atoms with Gasteiger partial charge in [-0.1, -0.05) is 23.7 Å². The lowest BCUT2D eigenvalue weighted by Crippen LogP contribution is -2.28. The standard InChI is InChI=1S/C23H20ClN5O2/c1-14-9-17(11-18(24)26-14)20-21(16-6-4-5-15(10-16)12-25)28-29-8-7-19(27-22(20)29)31-13-23(2,3)30/h4-11,30H,13H2,1-3H3. The summed E-state index contributed by atoms with van der Waals surface area (Å²) < 4.78 is 7.34. The van der Waals surface area contributed by atoms with Crippen LogP contribution in [0.3, 0.4) is 0 Å². The minimum absolute atomic E-state index is 0.0942. The zero-order chi connectivity index (χ0) is 22.2. The van der Waals surface area contributed by atoms with E-state index in [4.69, 9.17) is 21.4 Å². The first-order valence-electron chi connectivity index (χ1n) is 9.63. The van der Waals surface area contributed by atoms with E-state index >= 15 is 0 Å². The fourth-order valence-corrected chi connectivity index (χ4v) is 3.47.